The van der Waals surface area contributed by atoms with Crippen LogP contribution in [0.3, 0.4) is 0 Å². The van der Waals surface area contributed by atoms with E-state index < -0.39 is 5.69 Å². The fourth-order valence-corrected chi connectivity index (χ4v) is 3.00. The summed E-state index contributed by atoms with van der Waals surface area (Å²) in [6.45, 7) is 2.76. The maximum atomic E-state index is 12.3. The summed E-state index contributed by atoms with van der Waals surface area (Å²) in [5.74, 6) is 0.313. The molecule has 1 saturated heterocycles. The highest BCUT2D eigenvalue weighted by Crippen LogP contribution is 2.26. The highest BCUT2D eigenvalue weighted by molar-refractivity contribution is 6.33. The number of para-hydroxylation sites is 1. The van der Waals surface area contributed by atoms with Crippen molar-refractivity contribution in [2.75, 3.05) is 36.0 Å². The zero-order chi connectivity index (χ0) is 16.6. The molecule has 7 nitrogen and oxygen atoms in total. The first-order valence-corrected chi connectivity index (χ1v) is 7.75. The Balaban J connectivity index is 1.82. The lowest BCUT2D eigenvalue weighted by Gasteiger charge is -2.36. The van der Waals surface area contributed by atoms with Gasteiger partial charge in [-0.05, 0) is 12.1 Å². The molecule has 3 rings (SSSR count). The van der Waals surface area contributed by atoms with Crippen LogP contribution in [-0.2, 0) is 14.1 Å². The van der Waals surface area contributed by atoms with Crippen molar-refractivity contribution in [3.8, 4) is 0 Å². The molecule has 1 aromatic carbocycles. The van der Waals surface area contributed by atoms with Crippen LogP contribution >= 0.6 is 11.6 Å². The van der Waals surface area contributed by atoms with Gasteiger partial charge in [-0.15, -0.1) is 5.10 Å². The van der Waals surface area contributed by atoms with Gasteiger partial charge in [0.1, 0.15) is 0 Å². The molecule has 2 heterocycles. The van der Waals surface area contributed by atoms with Crippen LogP contribution in [0.4, 0.5) is 11.5 Å². The molecule has 1 aliphatic rings. The quantitative estimate of drug-likeness (QED) is 0.798. The molecule has 1 aliphatic heterocycles. The molecule has 1 fully saturated rings. The lowest BCUT2D eigenvalue weighted by molar-refractivity contribution is 0.571. The van der Waals surface area contributed by atoms with E-state index in [9.17, 15) is 9.59 Å². The van der Waals surface area contributed by atoms with E-state index in [1.807, 2.05) is 29.2 Å². The summed E-state index contributed by atoms with van der Waals surface area (Å²) in [6.07, 6.45) is 0. The summed E-state index contributed by atoms with van der Waals surface area (Å²) in [5.41, 5.74) is 0.211. The SMILES string of the molecule is Cn1nc(N2CCN(c3ccccc3Cl)CC2)c(=O)n(C)c1=O. The van der Waals surface area contributed by atoms with Crippen LogP contribution in [0.5, 0.6) is 0 Å². The van der Waals surface area contributed by atoms with Crippen LogP contribution in [0.1, 0.15) is 0 Å². The molecular formula is C15H18ClN5O2. The van der Waals surface area contributed by atoms with Crippen molar-refractivity contribution >= 4 is 23.1 Å². The monoisotopic (exact) mass is 335 g/mol. The number of nitrogens with zero attached hydrogens (tertiary/aromatic N) is 5. The zero-order valence-electron chi connectivity index (χ0n) is 13.1. The third-order valence-electron chi connectivity index (χ3n) is 4.08. The highest BCUT2D eigenvalue weighted by atomic mass is 35.5. The molecule has 0 bridgehead atoms. The Bertz CT molecular complexity index is 836. The first kappa shape index (κ1) is 15.6. The molecule has 23 heavy (non-hydrogen) atoms. The molecule has 0 spiro atoms. The standard InChI is InChI=1S/C15H18ClN5O2/c1-18-14(22)13(17-19(2)15(18)23)21-9-7-20(8-10-21)12-6-4-3-5-11(12)16/h3-6H,7-10H2,1-2H3. The van der Waals surface area contributed by atoms with Crippen LogP contribution in [0.2, 0.25) is 5.02 Å². The lowest BCUT2D eigenvalue weighted by atomic mass is 10.2. The van der Waals surface area contributed by atoms with Crippen molar-refractivity contribution < 1.29 is 0 Å². The Hall–Kier alpha value is -2.28. The van der Waals surface area contributed by atoms with E-state index in [4.69, 9.17) is 11.6 Å². The van der Waals surface area contributed by atoms with Crippen LogP contribution in [-0.4, -0.2) is 40.5 Å². The average Bonchev–Trinajstić information content (AvgIpc) is 2.57. The van der Waals surface area contributed by atoms with Crippen molar-refractivity contribution in [1.29, 1.82) is 0 Å². The zero-order valence-corrected chi connectivity index (χ0v) is 13.8. The van der Waals surface area contributed by atoms with Gasteiger partial charge in [-0.2, -0.15) is 0 Å². The number of hydrogen-bond acceptors (Lipinski definition) is 5. The molecule has 122 valence electrons. The third kappa shape index (κ3) is 2.84. The summed E-state index contributed by atoms with van der Waals surface area (Å²) in [5, 5.41) is 4.84. The Labute approximate surface area is 138 Å². The molecule has 0 aliphatic carbocycles. The maximum absolute atomic E-state index is 12.3. The fraction of sp³-hybridized carbons (Fsp3) is 0.400. The topological polar surface area (TPSA) is 63.4 Å². The molecule has 1 aromatic heterocycles. The van der Waals surface area contributed by atoms with Gasteiger partial charge >= 0.3 is 5.69 Å². The fourth-order valence-electron chi connectivity index (χ4n) is 2.75. The number of benzene rings is 1. The Morgan fingerprint density at radius 2 is 1.61 bits per heavy atom. The molecule has 0 radical (unpaired) electrons. The number of rotatable bonds is 2. The minimum absolute atomic E-state index is 0.313. The van der Waals surface area contributed by atoms with E-state index in [1.54, 1.807) is 7.05 Å². The molecule has 2 aromatic rings. The Morgan fingerprint density at radius 1 is 1.00 bits per heavy atom. The van der Waals surface area contributed by atoms with Crippen molar-refractivity contribution in [1.82, 2.24) is 14.3 Å². The first-order valence-electron chi connectivity index (χ1n) is 7.38. The molecule has 0 atom stereocenters. The van der Waals surface area contributed by atoms with Gasteiger partial charge in [-0.1, -0.05) is 23.7 Å². The van der Waals surface area contributed by atoms with Crippen molar-refractivity contribution in [2.24, 2.45) is 14.1 Å². The summed E-state index contributed by atoms with van der Waals surface area (Å²) in [6, 6.07) is 7.72. The van der Waals surface area contributed by atoms with Gasteiger partial charge in [0.15, 0.2) is 0 Å². The summed E-state index contributed by atoms with van der Waals surface area (Å²) < 4.78 is 2.28. The van der Waals surface area contributed by atoms with Crippen LogP contribution in [0, 0.1) is 0 Å². The van der Waals surface area contributed by atoms with Crippen LogP contribution < -0.4 is 21.0 Å². The first-order chi connectivity index (χ1) is 11.0. The van der Waals surface area contributed by atoms with Gasteiger partial charge in [-0.25, -0.2) is 9.48 Å². The summed E-state index contributed by atoms with van der Waals surface area (Å²) in [4.78, 5) is 28.1. The molecule has 0 N–H and O–H groups in total. The van der Waals surface area contributed by atoms with Gasteiger partial charge in [0, 0.05) is 40.3 Å². The van der Waals surface area contributed by atoms with E-state index in [0.29, 0.717) is 18.9 Å². The molecular weight excluding hydrogens is 318 g/mol. The second-order valence-corrected chi connectivity index (χ2v) is 5.93. The lowest BCUT2D eigenvalue weighted by Crippen LogP contribution is -2.51. The van der Waals surface area contributed by atoms with E-state index in [1.165, 1.54) is 11.7 Å². The largest absolute Gasteiger partial charge is 0.367 e. The summed E-state index contributed by atoms with van der Waals surface area (Å²) in [7, 11) is 3.01. The Morgan fingerprint density at radius 3 is 2.26 bits per heavy atom. The minimum Gasteiger partial charge on any atom is -0.367 e. The second kappa shape index (κ2) is 6.08. The predicted octanol–water partition coefficient (Wildman–Crippen LogP) is 0.459. The normalized spacial score (nSPS) is 15.1. The van der Waals surface area contributed by atoms with Crippen LogP contribution in [0.15, 0.2) is 33.9 Å². The van der Waals surface area contributed by atoms with Gasteiger partial charge in [0.2, 0.25) is 5.82 Å². The van der Waals surface area contributed by atoms with Crippen LogP contribution in [0.25, 0.3) is 0 Å². The van der Waals surface area contributed by atoms with E-state index >= 15 is 0 Å². The smallest absolute Gasteiger partial charge is 0.346 e. The third-order valence-corrected chi connectivity index (χ3v) is 4.40. The van der Waals surface area contributed by atoms with Gasteiger partial charge in [0.05, 0.1) is 10.7 Å². The minimum atomic E-state index is -0.423. The van der Waals surface area contributed by atoms with Crippen molar-refractivity contribution in [3.05, 3.63) is 50.1 Å². The molecule has 0 saturated carbocycles. The number of hydrogen-bond donors (Lipinski definition) is 0. The van der Waals surface area contributed by atoms with Gasteiger partial charge in [-0.3, -0.25) is 9.36 Å². The molecule has 0 unspecified atom stereocenters. The number of aromatic nitrogens is 3. The average molecular weight is 336 g/mol. The Kier molecular flexibility index (Phi) is 4.12. The molecule has 0 amide bonds. The van der Waals surface area contributed by atoms with E-state index in [-0.39, 0.29) is 5.56 Å². The number of piperazine rings is 1. The summed E-state index contributed by atoms with van der Waals surface area (Å²) >= 11 is 6.24. The van der Waals surface area contributed by atoms with Crippen molar-refractivity contribution in [2.45, 2.75) is 0 Å². The molecule has 8 heteroatoms. The number of aryl methyl sites for hydroxylation is 1. The predicted molar refractivity (Wildman–Crippen MR) is 90.6 cm³/mol. The maximum Gasteiger partial charge on any atom is 0.346 e. The van der Waals surface area contributed by atoms with E-state index in [2.05, 4.69) is 10.00 Å². The van der Waals surface area contributed by atoms with E-state index in [0.717, 1.165) is 28.4 Å². The second-order valence-electron chi connectivity index (χ2n) is 5.52. The van der Waals surface area contributed by atoms with Gasteiger partial charge < -0.3 is 9.80 Å². The number of anilines is 2. The van der Waals surface area contributed by atoms with Crippen molar-refractivity contribution in [3.63, 3.8) is 0 Å². The van der Waals surface area contributed by atoms with Gasteiger partial charge in [0.25, 0.3) is 5.56 Å². The number of halogens is 1. The highest BCUT2D eigenvalue weighted by Gasteiger charge is 2.23.